The SMILES string of the molecule is CSCC[C@H](N)C(=O)NC1CCN(C(=O)C2CCCCC2)C1.Cl. The number of halogens is 1. The topological polar surface area (TPSA) is 75.4 Å². The van der Waals surface area contributed by atoms with E-state index in [1.807, 2.05) is 11.2 Å². The number of likely N-dealkylation sites (tertiary alicyclic amines) is 1. The van der Waals surface area contributed by atoms with Crippen LogP contribution in [0.15, 0.2) is 0 Å². The fourth-order valence-electron chi connectivity index (χ4n) is 3.37. The smallest absolute Gasteiger partial charge is 0.237 e. The van der Waals surface area contributed by atoms with Gasteiger partial charge in [0.05, 0.1) is 6.04 Å². The summed E-state index contributed by atoms with van der Waals surface area (Å²) >= 11 is 1.70. The summed E-state index contributed by atoms with van der Waals surface area (Å²) in [5.41, 5.74) is 5.89. The molecule has 1 saturated heterocycles. The first-order valence-electron chi connectivity index (χ1n) is 8.45. The van der Waals surface area contributed by atoms with E-state index in [1.165, 1.54) is 19.3 Å². The Morgan fingerprint density at radius 3 is 2.61 bits per heavy atom. The van der Waals surface area contributed by atoms with Crippen molar-refractivity contribution >= 4 is 36.0 Å². The third kappa shape index (κ3) is 6.16. The molecule has 1 aliphatic carbocycles. The van der Waals surface area contributed by atoms with Gasteiger partial charge in [0.1, 0.15) is 0 Å². The highest BCUT2D eigenvalue weighted by Gasteiger charge is 2.32. The van der Waals surface area contributed by atoms with Gasteiger partial charge in [0.25, 0.3) is 0 Å². The highest BCUT2D eigenvalue weighted by Crippen LogP contribution is 2.26. The summed E-state index contributed by atoms with van der Waals surface area (Å²) in [5.74, 6) is 1.33. The minimum Gasteiger partial charge on any atom is -0.350 e. The molecule has 1 aliphatic heterocycles. The van der Waals surface area contributed by atoms with Gasteiger partial charge in [0.2, 0.25) is 11.8 Å². The molecule has 0 aromatic heterocycles. The molecule has 2 amide bonds. The Morgan fingerprint density at radius 1 is 1.26 bits per heavy atom. The van der Waals surface area contributed by atoms with Gasteiger partial charge in [-0.1, -0.05) is 19.3 Å². The summed E-state index contributed by atoms with van der Waals surface area (Å²) in [6.07, 6.45) is 9.23. The van der Waals surface area contributed by atoms with Crippen LogP contribution in [-0.2, 0) is 9.59 Å². The number of hydrogen-bond donors (Lipinski definition) is 2. The molecule has 134 valence electrons. The van der Waals surface area contributed by atoms with Crippen molar-refractivity contribution < 1.29 is 9.59 Å². The van der Waals surface area contributed by atoms with E-state index in [0.717, 1.165) is 31.6 Å². The number of carbonyl (C=O) groups is 2. The molecule has 0 bridgehead atoms. The second-order valence-corrected chi connectivity index (χ2v) is 7.49. The van der Waals surface area contributed by atoms with Crippen LogP contribution in [0.5, 0.6) is 0 Å². The van der Waals surface area contributed by atoms with Crippen LogP contribution in [0, 0.1) is 5.92 Å². The lowest BCUT2D eigenvalue weighted by molar-refractivity contribution is -0.135. The summed E-state index contributed by atoms with van der Waals surface area (Å²) < 4.78 is 0. The number of nitrogens with two attached hydrogens (primary N) is 1. The zero-order chi connectivity index (χ0) is 15.9. The monoisotopic (exact) mass is 363 g/mol. The molecule has 0 spiro atoms. The molecule has 23 heavy (non-hydrogen) atoms. The second-order valence-electron chi connectivity index (χ2n) is 6.50. The predicted octanol–water partition coefficient (Wildman–Crippen LogP) is 1.79. The maximum atomic E-state index is 12.5. The van der Waals surface area contributed by atoms with E-state index in [2.05, 4.69) is 5.32 Å². The van der Waals surface area contributed by atoms with E-state index >= 15 is 0 Å². The molecule has 1 unspecified atom stereocenters. The van der Waals surface area contributed by atoms with Crippen molar-refractivity contribution in [2.24, 2.45) is 11.7 Å². The minimum absolute atomic E-state index is 0. The van der Waals surface area contributed by atoms with Crippen molar-refractivity contribution in [1.82, 2.24) is 10.2 Å². The number of nitrogens with zero attached hydrogens (tertiary/aromatic N) is 1. The third-order valence-corrected chi connectivity index (χ3v) is 5.41. The van der Waals surface area contributed by atoms with Gasteiger partial charge in [0.15, 0.2) is 0 Å². The van der Waals surface area contributed by atoms with Crippen LogP contribution < -0.4 is 11.1 Å². The molecular weight excluding hydrogens is 334 g/mol. The van der Waals surface area contributed by atoms with E-state index < -0.39 is 6.04 Å². The van der Waals surface area contributed by atoms with Crippen LogP contribution in [0.3, 0.4) is 0 Å². The lowest BCUT2D eigenvalue weighted by Gasteiger charge is -2.26. The highest BCUT2D eigenvalue weighted by atomic mass is 35.5. The molecule has 2 rings (SSSR count). The summed E-state index contributed by atoms with van der Waals surface area (Å²) in [5, 5.41) is 3.01. The highest BCUT2D eigenvalue weighted by molar-refractivity contribution is 7.98. The van der Waals surface area contributed by atoms with E-state index in [-0.39, 0.29) is 30.3 Å². The van der Waals surface area contributed by atoms with Crippen LogP contribution in [-0.4, -0.2) is 53.9 Å². The maximum absolute atomic E-state index is 12.5. The standard InChI is InChI=1S/C16H29N3O2S.ClH/c1-22-10-8-14(17)15(20)18-13-7-9-19(11-13)16(21)12-5-3-2-4-6-12;/h12-14H,2-11,17H2,1H3,(H,18,20);1H/t13?,14-;/m0./s1. The number of rotatable bonds is 6. The molecular formula is C16H30ClN3O2S. The molecule has 2 atom stereocenters. The Labute approximate surface area is 149 Å². The Morgan fingerprint density at radius 2 is 1.96 bits per heavy atom. The normalized spacial score (nSPS) is 23.2. The lowest BCUT2D eigenvalue weighted by Crippen LogP contribution is -2.47. The van der Waals surface area contributed by atoms with Gasteiger partial charge in [-0.15, -0.1) is 12.4 Å². The number of amides is 2. The summed E-state index contributed by atoms with van der Waals surface area (Å²) in [6, 6.07) is -0.365. The molecule has 2 aliphatic rings. The Bertz CT molecular complexity index is 392. The molecule has 0 aromatic rings. The van der Waals surface area contributed by atoms with E-state index in [1.54, 1.807) is 11.8 Å². The number of carbonyl (C=O) groups excluding carboxylic acids is 2. The largest absolute Gasteiger partial charge is 0.350 e. The molecule has 0 radical (unpaired) electrons. The maximum Gasteiger partial charge on any atom is 0.237 e. The van der Waals surface area contributed by atoms with Crippen molar-refractivity contribution in [3.05, 3.63) is 0 Å². The summed E-state index contributed by atoms with van der Waals surface area (Å²) in [6.45, 7) is 1.41. The van der Waals surface area contributed by atoms with Crippen molar-refractivity contribution in [3.63, 3.8) is 0 Å². The van der Waals surface area contributed by atoms with Gasteiger partial charge in [0, 0.05) is 25.0 Å². The quantitative estimate of drug-likeness (QED) is 0.754. The first kappa shape index (κ1) is 20.6. The minimum atomic E-state index is -0.435. The average Bonchev–Trinajstić information content (AvgIpc) is 3.01. The van der Waals surface area contributed by atoms with Gasteiger partial charge in [-0.05, 0) is 37.7 Å². The Kier molecular flexibility index (Phi) is 9.32. The van der Waals surface area contributed by atoms with Crippen LogP contribution >= 0.6 is 24.2 Å². The van der Waals surface area contributed by atoms with Crippen molar-refractivity contribution in [3.8, 4) is 0 Å². The first-order valence-corrected chi connectivity index (χ1v) is 9.85. The summed E-state index contributed by atoms with van der Waals surface area (Å²) in [7, 11) is 0. The Balaban J connectivity index is 0.00000264. The van der Waals surface area contributed by atoms with Gasteiger partial charge in [-0.25, -0.2) is 0 Å². The molecule has 3 N–H and O–H groups in total. The van der Waals surface area contributed by atoms with E-state index in [0.29, 0.717) is 18.9 Å². The van der Waals surface area contributed by atoms with Crippen molar-refractivity contribution in [2.45, 2.75) is 57.0 Å². The summed E-state index contributed by atoms with van der Waals surface area (Å²) in [4.78, 5) is 26.5. The van der Waals surface area contributed by atoms with Crippen LogP contribution in [0.1, 0.15) is 44.9 Å². The number of nitrogens with one attached hydrogen (secondary N) is 1. The zero-order valence-electron chi connectivity index (χ0n) is 14.0. The fourth-order valence-corrected chi connectivity index (χ4v) is 3.86. The average molecular weight is 364 g/mol. The molecule has 2 fully saturated rings. The van der Waals surface area contributed by atoms with Gasteiger partial charge >= 0.3 is 0 Å². The Hall–Kier alpha value is -0.460. The van der Waals surface area contributed by atoms with Gasteiger partial charge < -0.3 is 16.0 Å². The molecule has 0 aromatic carbocycles. The number of hydrogen-bond acceptors (Lipinski definition) is 4. The van der Waals surface area contributed by atoms with Gasteiger partial charge in [-0.2, -0.15) is 11.8 Å². The van der Waals surface area contributed by atoms with Crippen molar-refractivity contribution in [1.29, 1.82) is 0 Å². The van der Waals surface area contributed by atoms with Crippen LogP contribution in [0.25, 0.3) is 0 Å². The molecule has 1 heterocycles. The molecule has 5 nitrogen and oxygen atoms in total. The van der Waals surface area contributed by atoms with E-state index in [4.69, 9.17) is 5.73 Å². The molecule has 7 heteroatoms. The fraction of sp³-hybridized carbons (Fsp3) is 0.875. The number of thioether (sulfide) groups is 1. The predicted molar refractivity (Wildman–Crippen MR) is 97.9 cm³/mol. The first-order chi connectivity index (χ1) is 10.6. The van der Waals surface area contributed by atoms with Gasteiger partial charge in [-0.3, -0.25) is 9.59 Å². The van der Waals surface area contributed by atoms with Crippen LogP contribution in [0.4, 0.5) is 0 Å². The zero-order valence-corrected chi connectivity index (χ0v) is 15.6. The van der Waals surface area contributed by atoms with E-state index in [9.17, 15) is 9.59 Å². The second kappa shape index (κ2) is 10.4. The molecule has 1 saturated carbocycles. The lowest BCUT2D eigenvalue weighted by atomic mass is 9.88. The van der Waals surface area contributed by atoms with Crippen molar-refractivity contribution in [2.75, 3.05) is 25.1 Å². The third-order valence-electron chi connectivity index (χ3n) is 4.77. The van der Waals surface area contributed by atoms with Crippen LogP contribution in [0.2, 0.25) is 0 Å².